The van der Waals surface area contributed by atoms with Gasteiger partial charge in [-0.05, 0) is 39.2 Å². The van der Waals surface area contributed by atoms with Crippen LogP contribution in [0.25, 0.3) is 0 Å². The number of carbonyl (C=O) groups excluding carboxylic acids is 1. The molecule has 3 fully saturated rings. The summed E-state index contributed by atoms with van der Waals surface area (Å²) in [5.41, 5.74) is 0. The largest absolute Gasteiger partial charge is 0.336 e. The minimum absolute atomic E-state index is 0.0963. The molecule has 3 aliphatic rings. The molecule has 2 saturated heterocycles. The maximum Gasteiger partial charge on any atom is 0.240 e. The van der Waals surface area contributed by atoms with Gasteiger partial charge in [-0.25, -0.2) is 0 Å². The zero-order valence-electron chi connectivity index (χ0n) is 12.3. The third kappa shape index (κ3) is 2.65. The molecule has 0 aromatic carbocycles. The number of piperazine rings is 1. The van der Waals surface area contributed by atoms with Crippen LogP contribution in [0.4, 0.5) is 0 Å². The third-order valence-corrected chi connectivity index (χ3v) is 5.27. The number of fused-ring (bicyclic) bond motifs is 1. The Balaban J connectivity index is 1.61. The Morgan fingerprint density at radius 2 is 2.00 bits per heavy atom. The first-order chi connectivity index (χ1) is 9.15. The van der Waals surface area contributed by atoms with E-state index < -0.39 is 0 Å². The molecular formula is C15H27N3O. The van der Waals surface area contributed by atoms with Crippen LogP contribution >= 0.6 is 0 Å². The molecule has 108 valence electrons. The van der Waals surface area contributed by atoms with Crippen molar-refractivity contribution in [3.63, 3.8) is 0 Å². The first-order valence-corrected chi connectivity index (χ1v) is 7.90. The van der Waals surface area contributed by atoms with Gasteiger partial charge in [-0.15, -0.1) is 0 Å². The van der Waals surface area contributed by atoms with E-state index >= 15 is 0 Å². The number of hydrogen-bond donors (Lipinski definition) is 1. The highest BCUT2D eigenvalue weighted by Gasteiger charge is 2.40. The van der Waals surface area contributed by atoms with Crippen molar-refractivity contribution in [3.8, 4) is 0 Å². The second kappa shape index (κ2) is 5.41. The Labute approximate surface area is 116 Å². The van der Waals surface area contributed by atoms with Gasteiger partial charge in [0.25, 0.3) is 0 Å². The van der Waals surface area contributed by atoms with Gasteiger partial charge in [-0.3, -0.25) is 4.79 Å². The van der Waals surface area contributed by atoms with E-state index in [1.54, 1.807) is 0 Å². The smallest absolute Gasteiger partial charge is 0.240 e. The van der Waals surface area contributed by atoms with Gasteiger partial charge in [0, 0.05) is 31.7 Å². The molecule has 4 unspecified atom stereocenters. The van der Waals surface area contributed by atoms with Crippen molar-refractivity contribution in [3.05, 3.63) is 0 Å². The monoisotopic (exact) mass is 265 g/mol. The fourth-order valence-electron chi connectivity index (χ4n) is 4.18. The molecule has 3 rings (SSSR count). The van der Waals surface area contributed by atoms with E-state index in [0.717, 1.165) is 32.0 Å². The second-order valence-electron chi connectivity index (χ2n) is 6.75. The Kier molecular flexibility index (Phi) is 3.81. The summed E-state index contributed by atoms with van der Waals surface area (Å²) in [7, 11) is 2.14. The maximum atomic E-state index is 12.7. The summed E-state index contributed by atoms with van der Waals surface area (Å²) in [6, 6.07) is 1.07. The van der Waals surface area contributed by atoms with Crippen molar-refractivity contribution in [2.24, 2.45) is 5.92 Å². The SMILES string of the molecule is CC1CN(C)CCN1C(=O)C1CC2CCCCC2N1. The van der Waals surface area contributed by atoms with Gasteiger partial charge in [-0.1, -0.05) is 12.8 Å². The van der Waals surface area contributed by atoms with Crippen LogP contribution in [-0.4, -0.2) is 60.5 Å². The molecule has 0 bridgehead atoms. The molecule has 0 aromatic rings. The summed E-state index contributed by atoms with van der Waals surface area (Å²) in [4.78, 5) is 17.1. The van der Waals surface area contributed by atoms with Crippen molar-refractivity contribution in [2.45, 2.75) is 57.2 Å². The van der Waals surface area contributed by atoms with Crippen molar-refractivity contribution < 1.29 is 4.79 Å². The standard InChI is InChI=1S/C15H27N3O/c1-11-10-17(2)7-8-18(11)15(19)14-9-12-5-3-4-6-13(12)16-14/h11-14,16H,3-10H2,1-2H3. The lowest BCUT2D eigenvalue weighted by atomic mass is 9.85. The Morgan fingerprint density at radius 1 is 1.21 bits per heavy atom. The van der Waals surface area contributed by atoms with Crippen LogP contribution < -0.4 is 5.32 Å². The van der Waals surface area contributed by atoms with E-state index in [0.29, 0.717) is 18.0 Å². The predicted molar refractivity (Wildman–Crippen MR) is 76.0 cm³/mol. The molecule has 0 aromatic heterocycles. The number of carbonyl (C=O) groups is 1. The van der Waals surface area contributed by atoms with Crippen LogP contribution in [0.1, 0.15) is 39.0 Å². The molecule has 1 aliphatic carbocycles. The Morgan fingerprint density at radius 3 is 2.74 bits per heavy atom. The van der Waals surface area contributed by atoms with Gasteiger partial charge in [0.15, 0.2) is 0 Å². The molecular weight excluding hydrogens is 238 g/mol. The van der Waals surface area contributed by atoms with Gasteiger partial charge >= 0.3 is 0 Å². The van der Waals surface area contributed by atoms with Gasteiger partial charge < -0.3 is 15.1 Å². The molecule has 2 aliphatic heterocycles. The zero-order valence-corrected chi connectivity index (χ0v) is 12.3. The summed E-state index contributed by atoms with van der Waals surface area (Å²) in [5, 5.41) is 3.62. The lowest BCUT2D eigenvalue weighted by Gasteiger charge is -2.39. The summed E-state index contributed by atoms with van der Waals surface area (Å²) >= 11 is 0. The van der Waals surface area contributed by atoms with Crippen molar-refractivity contribution >= 4 is 5.91 Å². The average molecular weight is 265 g/mol. The van der Waals surface area contributed by atoms with E-state index in [1.165, 1.54) is 25.7 Å². The van der Waals surface area contributed by atoms with Crippen molar-refractivity contribution in [1.82, 2.24) is 15.1 Å². The summed E-state index contributed by atoms with van der Waals surface area (Å²) < 4.78 is 0. The van der Waals surface area contributed by atoms with Crippen LogP contribution in [0, 0.1) is 5.92 Å². The number of nitrogens with zero attached hydrogens (tertiary/aromatic N) is 2. The maximum absolute atomic E-state index is 12.7. The van der Waals surface area contributed by atoms with E-state index in [9.17, 15) is 4.79 Å². The molecule has 1 amide bonds. The topological polar surface area (TPSA) is 35.6 Å². The number of amides is 1. The second-order valence-corrected chi connectivity index (χ2v) is 6.75. The van der Waals surface area contributed by atoms with Crippen LogP contribution in [0.2, 0.25) is 0 Å². The molecule has 1 N–H and O–H groups in total. The first-order valence-electron chi connectivity index (χ1n) is 7.90. The molecule has 2 heterocycles. The molecule has 0 radical (unpaired) electrons. The van der Waals surface area contributed by atoms with Crippen LogP contribution in [0.5, 0.6) is 0 Å². The van der Waals surface area contributed by atoms with Crippen molar-refractivity contribution in [2.75, 3.05) is 26.7 Å². The minimum atomic E-state index is 0.0963. The highest BCUT2D eigenvalue weighted by molar-refractivity contribution is 5.82. The molecule has 19 heavy (non-hydrogen) atoms. The first kappa shape index (κ1) is 13.4. The molecule has 4 nitrogen and oxygen atoms in total. The van der Waals surface area contributed by atoms with Crippen LogP contribution in [0.15, 0.2) is 0 Å². The van der Waals surface area contributed by atoms with Crippen molar-refractivity contribution in [1.29, 1.82) is 0 Å². The highest BCUT2D eigenvalue weighted by atomic mass is 16.2. The van der Waals surface area contributed by atoms with E-state index in [-0.39, 0.29) is 6.04 Å². The van der Waals surface area contributed by atoms with Gasteiger partial charge in [-0.2, -0.15) is 0 Å². The van der Waals surface area contributed by atoms with E-state index in [2.05, 4.69) is 29.1 Å². The van der Waals surface area contributed by atoms with Crippen LogP contribution in [-0.2, 0) is 4.79 Å². The number of likely N-dealkylation sites (N-methyl/N-ethyl adjacent to an activating group) is 1. The molecule has 1 saturated carbocycles. The fraction of sp³-hybridized carbons (Fsp3) is 0.933. The summed E-state index contributed by atoms with van der Waals surface area (Å²) in [6.07, 6.45) is 6.35. The molecule has 4 heteroatoms. The van der Waals surface area contributed by atoms with Gasteiger partial charge in [0.1, 0.15) is 0 Å². The van der Waals surface area contributed by atoms with E-state index in [1.807, 2.05) is 0 Å². The van der Waals surface area contributed by atoms with E-state index in [4.69, 9.17) is 0 Å². The zero-order chi connectivity index (χ0) is 13.4. The minimum Gasteiger partial charge on any atom is -0.336 e. The average Bonchev–Trinajstić information content (AvgIpc) is 2.81. The molecule has 0 spiro atoms. The number of rotatable bonds is 1. The van der Waals surface area contributed by atoms with Gasteiger partial charge in [0.05, 0.1) is 6.04 Å². The van der Waals surface area contributed by atoms with Gasteiger partial charge in [0.2, 0.25) is 5.91 Å². The lowest BCUT2D eigenvalue weighted by molar-refractivity contribution is -0.137. The summed E-state index contributed by atoms with van der Waals surface area (Å²) in [6.45, 7) is 5.08. The summed E-state index contributed by atoms with van der Waals surface area (Å²) in [5.74, 6) is 1.11. The van der Waals surface area contributed by atoms with Crippen LogP contribution in [0.3, 0.4) is 0 Å². The fourth-order valence-corrected chi connectivity index (χ4v) is 4.18. The highest BCUT2D eigenvalue weighted by Crippen LogP contribution is 2.33. The number of nitrogens with one attached hydrogen (secondary N) is 1. The molecule has 4 atom stereocenters. The normalized spacial score (nSPS) is 40.2. The number of hydrogen-bond acceptors (Lipinski definition) is 3. The Bertz CT molecular complexity index is 332. The lowest BCUT2D eigenvalue weighted by Crippen LogP contribution is -2.56. The third-order valence-electron chi connectivity index (χ3n) is 5.27. The predicted octanol–water partition coefficient (Wildman–Crippen LogP) is 1.07. The Hall–Kier alpha value is -0.610. The quantitative estimate of drug-likeness (QED) is 0.770.